The van der Waals surface area contributed by atoms with Gasteiger partial charge in [0, 0.05) is 22.5 Å². The average molecular weight is 415 g/mol. The summed E-state index contributed by atoms with van der Waals surface area (Å²) < 4.78 is 5.55. The normalized spacial score (nSPS) is 10.9. The number of halogens is 1. The zero-order chi connectivity index (χ0) is 20.1. The van der Waals surface area contributed by atoms with Gasteiger partial charge in [0.1, 0.15) is 5.75 Å². The van der Waals surface area contributed by atoms with E-state index < -0.39 is 0 Å². The molecule has 0 aliphatic carbocycles. The van der Waals surface area contributed by atoms with Gasteiger partial charge in [-0.25, -0.2) is 4.98 Å². The molecular weight excluding hydrogens is 392 g/mol. The van der Waals surface area contributed by atoms with Gasteiger partial charge in [0.2, 0.25) is 0 Å². The van der Waals surface area contributed by atoms with Crippen LogP contribution in [0.2, 0.25) is 5.02 Å². The Kier molecular flexibility index (Phi) is 6.70. The van der Waals surface area contributed by atoms with Crippen molar-refractivity contribution in [1.82, 2.24) is 4.98 Å². The molecule has 3 rings (SSSR count). The van der Waals surface area contributed by atoms with Gasteiger partial charge in [0.15, 0.2) is 11.7 Å². The lowest BCUT2D eigenvalue weighted by molar-refractivity contribution is -0.118. The van der Waals surface area contributed by atoms with E-state index in [0.29, 0.717) is 16.8 Å². The van der Waals surface area contributed by atoms with Crippen LogP contribution in [0.1, 0.15) is 41.3 Å². The second-order valence-electron chi connectivity index (χ2n) is 6.95. The number of nitrogens with zero attached hydrogens (tertiary/aromatic N) is 1. The Hall–Kier alpha value is -2.37. The number of nitrogens with one attached hydrogen (secondary N) is 1. The molecule has 0 saturated heterocycles. The summed E-state index contributed by atoms with van der Waals surface area (Å²) in [5.74, 6) is 0.912. The molecule has 146 valence electrons. The van der Waals surface area contributed by atoms with Crippen LogP contribution in [0, 0.1) is 6.92 Å². The molecular formula is C22H23ClN2O2S. The monoisotopic (exact) mass is 414 g/mol. The lowest BCUT2D eigenvalue weighted by atomic mass is 10.0. The van der Waals surface area contributed by atoms with E-state index in [0.717, 1.165) is 27.4 Å². The van der Waals surface area contributed by atoms with Crippen LogP contribution in [0.15, 0.2) is 48.7 Å². The van der Waals surface area contributed by atoms with Crippen molar-refractivity contribution in [2.45, 2.75) is 33.1 Å². The van der Waals surface area contributed by atoms with Crippen molar-refractivity contribution in [1.29, 1.82) is 0 Å². The minimum atomic E-state index is -0.229. The molecule has 3 aromatic rings. The Bertz CT molecular complexity index is 951. The molecule has 1 amide bonds. The van der Waals surface area contributed by atoms with Crippen LogP contribution >= 0.6 is 22.9 Å². The SMILES string of the molecule is Cc1ccc(Cc2cnc(NC(=O)COc3ccc(C(C)C)cc3)s2)cc1Cl. The molecule has 0 fully saturated rings. The Balaban J connectivity index is 1.51. The van der Waals surface area contributed by atoms with Gasteiger partial charge in [-0.1, -0.05) is 49.7 Å². The fourth-order valence-electron chi connectivity index (χ4n) is 2.65. The minimum Gasteiger partial charge on any atom is -0.484 e. The summed E-state index contributed by atoms with van der Waals surface area (Å²) in [6, 6.07) is 13.8. The van der Waals surface area contributed by atoms with E-state index in [9.17, 15) is 4.79 Å². The number of benzene rings is 2. The summed E-state index contributed by atoms with van der Waals surface area (Å²) in [6.45, 7) is 6.20. The molecule has 0 saturated carbocycles. The number of thiazole rings is 1. The van der Waals surface area contributed by atoms with E-state index in [-0.39, 0.29) is 12.5 Å². The fraction of sp³-hybridized carbons (Fsp3) is 0.273. The van der Waals surface area contributed by atoms with Crippen LogP contribution in [-0.2, 0) is 11.2 Å². The van der Waals surface area contributed by atoms with Crippen LogP contribution in [0.3, 0.4) is 0 Å². The smallest absolute Gasteiger partial charge is 0.264 e. The number of aromatic nitrogens is 1. The third-order valence-electron chi connectivity index (χ3n) is 4.33. The third kappa shape index (κ3) is 5.57. The summed E-state index contributed by atoms with van der Waals surface area (Å²) in [5.41, 5.74) is 3.41. The number of ether oxygens (including phenoxy) is 1. The summed E-state index contributed by atoms with van der Waals surface area (Å²) >= 11 is 7.63. The zero-order valence-corrected chi connectivity index (χ0v) is 17.7. The standard InChI is InChI=1S/C22H23ClN2O2S/c1-14(2)17-6-8-18(9-7-17)27-13-21(26)25-22-24-12-19(28-22)10-16-5-4-15(3)20(23)11-16/h4-9,11-12,14H,10,13H2,1-3H3,(H,24,25,26). The van der Waals surface area contributed by atoms with Gasteiger partial charge in [0.05, 0.1) is 0 Å². The van der Waals surface area contributed by atoms with E-state index in [4.69, 9.17) is 16.3 Å². The molecule has 1 aromatic heterocycles. The lowest BCUT2D eigenvalue weighted by Crippen LogP contribution is -2.19. The quantitative estimate of drug-likeness (QED) is 0.528. The number of rotatable bonds is 7. The maximum absolute atomic E-state index is 12.1. The van der Waals surface area contributed by atoms with Crippen LogP contribution in [-0.4, -0.2) is 17.5 Å². The number of carbonyl (C=O) groups is 1. The Labute approximate surface area is 174 Å². The van der Waals surface area contributed by atoms with E-state index in [1.54, 1.807) is 6.20 Å². The minimum absolute atomic E-state index is 0.0521. The summed E-state index contributed by atoms with van der Waals surface area (Å²) in [6.07, 6.45) is 2.51. The van der Waals surface area contributed by atoms with Gasteiger partial charge in [0.25, 0.3) is 5.91 Å². The highest BCUT2D eigenvalue weighted by molar-refractivity contribution is 7.15. The fourth-order valence-corrected chi connectivity index (χ4v) is 3.71. The maximum Gasteiger partial charge on any atom is 0.264 e. The lowest BCUT2D eigenvalue weighted by Gasteiger charge is -2.08. The average Bonchev–Trinajstić information content (AvgIpc) is 3.10. The highest BCUT2D eigenvalue weighted by Gasteiger charge is 2.09. The largest absolute Gasteiger partial charge is 0.484 e. The topological polar surface area (TPSA) is 51.2 Å². The summed E-state index contributed by atoms with van der Waals surface area (Å²) in [5, 5.41) is 4.11. The highest BCUT2D eigenvalue weighted by Crippen LogP contribution is 2.24. The maximum atomic E-state index is 12.1. The second kappa shape index (κ2) is 9.22. The molecule has 0 aliphatic heterocycles. The van der Waals surface area contributed by atoms with Crippen molar-refractivity contribution in [3.05, 3.63) is 75.3 Å². The first-order valence-corrected chi connectivity index (χ1v) is 10.3. The predicted octanol–water partition coefficient (Wildman–Crippen LogP) is 5.84. The number of aryl methyl sites for hydroxylation is 1. The van der Waals surface area contributed by atoms with Gasteiger partial charge in [-0.3, -0.25) is 10.1 Å². The van der Waals surface area contributed by atoms with Gasteiger partial charge < -0.3 is 4.74 Å². The first kappa shape index (κ1) is 20.4. The summed E-state index contributed by atoms with van der Waals surface area (Å²) in [7, 11) is 0. The van der Waals surface area contributed by atoms with Gasteiger partial charge in [-0.15, -0.1) is 11.3 Å². The molecule has 1 heterocycles. The summed E-state index contributed by atoms with van der Waals surface area (Å²) in [4.78, 5) is 17.5. The molecule has 1 N–H and O–H groups in total. The van der Waals surface area contributed by atoms with Crippen LogP contribution < -0.4 is 10.1 Å². The number of amides is 1. The van der Waals surface area contributed by atoms with Gasteiger partial charge in [-0.05, 0) is 47.7 Å². The van der Waals surface area contributed by atoms with Crippen molar-refractivity contribution in [3.8, 4) is 5.75 Å². The zero-order valence-electron chi connectivity index (χ0n) is 16.2. The van der Waals surface area contributed by atoms with Crippen LogP contribution in [0.5, 0.6) is 5.75 Å². The molecule has 0 unspecified atom stereocenters. The molecule has 28 heavy (non-hydrogen) atoms. The molecule has 0 spiro atoms. The molecule has 6 heteroatoms. The molecule has 2 aromatic carbocycles. The van der Waals surface area contributed by atoms with Crippen LogP contribution in [0.4, 0.5) is 5.13 Å². The first-order chi connectivity index (χ1) is 13.4. The molecule has 0 atom stereocenters. The van der Waals surface area contributed by atoms with Gasteiger partial charge in [-0.2, -0.15) is 0 Å². The number of anilines is 1. The van der Waals surface area contributed by atoms with Crippen molar-refractivity contribution >= 4 is 34.0 Å². The Morgan fingerprint density at radius 2 is 1.96 bits per heavy atom. The van der Waals surface area contributed by atoms with Crippen molar-refractivity contribution in [3.63, 3.8) is 0 Å². The third-order valence-corrected chi connectivity index (χ3v) is 5.65. The molecule has 0 aliphatic rings. The van der Waals surface area contributed by atoms with Crippen molar-refractivity contribution in [2.24, 2.45) is 0 Å². The van der Waals surface area contributed by atoms with E-state index in [1.807, 2.05) is 43.3 Å². The second-order valence-corrected chi connectivity index (χ2v) is 8.48. The van der Waals surface area contributed by atoms with Crippen LogP contribution in [0.25, 0.3) is 0 Å². The van der Waals surface area contributed by atoms with E-state index >= 15 is 0 Å². The number of hydrogen-bond acceptors (Lipinski definition) is 4. The molecule has 0 bridgehead atoms. The molecule has 4 nitrogen and oxygen atoms in total. The van der Waals surface area contributed by atoms with Crippen molar-refractivity contribution in [2.75, 3.05) is 11.9 Å². The van der Waals surface area contributed by atoms with E-state index in [2.05, 4.69) is 30.2 Å². The Morgan fingerprint density at radius 3 is 2.64 bits per heavy atom. The number of hydrogen-bond donors (Lipinski definition) is 1. The Morgan fingerprint density at radius 1 is 1.21 bits per heavy atom. The number of carbonyl (C=O) groups excluding carboxylic acids is 1. The highest BCUT2D eigenvalue weighted by atomic mass is 35.5. The van der Waals surface area contributed by atoms with Gasteiger partial charge >= 0.3 is 0 Å². The molecule has 0 radical (unpaired) electrons. The first-order valence-electron chi connectivity index (χ1n) is 9.13. The van der Waals surface area contributed by atoms with Crippen molar-refractivity contribution < 1.29 is 9.53 Å². The predicted molar refractivity (Wildman–Crippen MR) is 116 cm³/mol. The van der Waals surface area contributed by atoms with E-state index in [1.165, 1.54) is 16.9 Å².